The van der Waals surface area contributed by atoms with E-state index in [-0.39, 0.29) is 0 Å². The number of hydrogen-bond donors (Lipinski definition) is 1. The van der Waals surface area contributed by atoms with Crippen LogP contribution < -0.4 is 11.5 Å². The molecule has 2 heteroatoms. The zero-order chi connectivity index (χ0) is 4.99. The lowest BCUT2D eigenvalue weighted by atomic mass is 10.2. The minimum Gasteiger partial charge on any atom is -0.330 e. The first-order valence-electron chi connectivity index (χ1n) is 2.16. The van der Waals surface area contributed by atoms with Gasteiger partial charge in [0.05, 0.1) is 0 Å². The van der Waals surface area contributed by atoms with Gasteiger partial charge in [-0.1, -0.05) is 6.92 Å². The van der Waals surface area contributed by atoms with Crippen LogP contribution in [-0.4, -0.2) is 13.1 Å². The maximum atomic E-state index is 6.73. The van der Waals surface area contributed by atoms with Gasteiger partial charge >= 0.3 is 0 Å². The highest BCUT2D eigenvalue weighted by molar-refractivity contribution is 4.49. The van der Waals surface area contributed by atoms with Gasteiger partial charge in [0.2, 0.25) is 0 Å². The molecule has 0 aliphatic rings. The van der Waals surface area contributed by atoms with Crippen LogP contribution in [0.25, 0.3) is 0 Å². The molecule has 0 aromatic rings. The topological polar surface area (TPSA) is 49.8 Å². The molecule has 0 bridgehead atoms. The largest absolute Gasteiger partial charge is 0.330 e. The van der Waals surface area contributed by atoms with Gasteiger partial charge in [-0.3, -0.25) is 5.73 Å². The van der Waals surface area contributed by atoms with Crippen LogP contribution in [0.4, 0.5) is 0 Å². The Hall–Kier alpha value is -0.0800. The molecule has 0 fully saturated rings. The van der Waals surface area contributed by atoms with E-state index in [1.165, 1.54) is 0 Å². The first kappa shape index (κ1) is 5.92. The van der Waals surface area contributed by atoms with E-state index in [2.05, 4.69) is 0 Å². The van der Waals surface area contributed by atoms with Crippen molar-refractivity contribution in [2.45, 2.75) is 6.92 Å². The summed E-state index contributed by atoms with van der Waals surface area (Å²) in [5.74, 6) is 0.380. The van der Waals surface area contributed by atoms with Gasteiger partial charge in [-0.05, 0) is 12.5 Å². The second-order valence-electron chi connectivity index (χ2n) is 1.54. The van der Waals surface area contributed by atoms with Gasteiger partial charge in [0, 0.05) is 6.54 Å². The molecule has 3 N–H and O–H groups in total. The predicted molar refractivity (Wildman–Crippen MR) is 26.2 cm³/mol. The van der Waals surface area contributed by atoms with Crippen molar-refractivity contribution in [1.82, 2.24) is 5.73 Å². The van der Waals surface area contributed by atoms with Crippen molar-refractivity contribution in [2.75, 3.05) is 13.1 Å². The first-order chi connectivity index (χ1) is 2.81. The monoisotopic (exact) mass is 87.1 g/mol. The Balaban J connectivity index is 2.75. The minimum absolute atomic E-state index is 0.380. The van der Waals surface area contributed by atoms with Crippen LogP contribution in [0.5, 0.6) is 0 Å². The fraction of sp³-hybridized carbons (Fsp3) is 1.00. The van der Waals surface area contributed by atoms with E-state index in [0.29, 0.717) is 19.0 Å². The minimum atomic E-state index is 0.380. The van der Waals surface area contributed by atoms with Crippen molar-refractivity contribution in [1.29, 1.82) is 0 Å². The molecule has 0 saturated carbocycles. The molecule has 0 heterocycles. The molecule has 37 valence electrons. The van der Waals surface area contributed by atoms with Crippen LogP contribution in [0.1, 0.15) is 6.92 Å². The zero-order valence-corrected chi connectivity index (χ0v) is 4.07. The normalized spacial score (nSPS) is 10.0. The first-order valence-corrected chi connectivity index (χ1v) is 2.16. The fourth-order valence-electron chi connectivity index (χ4n) is 0.0833. The molecule has 6 heavy (non-hydrogen) atoms. The molecule has 0 spiro atoms. The van der Waals surface area contributed by atoms with Gasteiger partial charge in [-0.2, -0.15) is 0 Å². The van der Waals surface area contributed by atoms with Crippen molar-refractivity contribution >= 4 is 0 Å². The van der Waals surface area contributed by atoms with E-state index in [0.717, 1.165) is 0 Å². The molecule has 0 aromatic heterocycles. The number of nitrogens with one attached hydrogen (secondary N) is 1. The molecule has 0 saturated heterocycles. The molecule has 2 nitrogen and oxygen atoms in total. The molecular weight excluding hydrogens is 76.1 g/mol. The maximum absolute atomic E-state index is 6.73. The summed E-state index contributed by atoms with van der Waals surface area (Å²) in [6, 6.07) is 0. The Morgan fingerprint density at radius 2 is 2.33 bits per heavy atom. The molecule has 1 radical (unpaired) electrons. The molecule has 0 aliphatic heterocycles. The highest BCUT2D eigenvalue weighted by atomic mass is 14.6. The standard InChI is InChI=1S/C4H11N2/c1-4(2-5)3-6/h4-5H,2-3,6H2,1H3. The second-order valence-corrected chi connectivity index (χ2v) is 1.54. The van der Waals surface area contributed by atoms with Crippen molar-refractivity contribution in [3.63, 3.8) is 0 Å². The van der Waals surface area contributed by atoms with Gasteiger partial charge in [-0.15, -0.1) is 0 Å². The van der Waals surface area contributed by atoms with Gasteiger partial charge in [0.15, 0.2) is 0 Å². The zero-order valence-electron chi connectivity index (χ0n) is 4.07. The van der Waals surface area contributed by atoms with E-state index in [9.17, 15) is 0 Å². The summed E-state index contributed by atoms with van der Waals surface area (Å²) in [5.41, 5.74) is 11.9. The molecule has 1 unspecified atom stereocenters. The predicted octanol–water partition coefficient (Wildman–Crippen LogP) is -0.136. The van der Waals surface area contributed by atoms with Crippen LogP contribution in [0.3, 0.4) is 0 Å². The third-order valence-electron chi connectivity index (χ3n) is 0.751. The Morgan fingerprint density at radius 3 is 2.33 bits per heavy atom. The van der Waals surface area contributed by atoms with E-state index >= 15 is 0 Å². The van der Waals surface area contributed by atoms with Crippen molar-refractivity contribution in [2.24, 2.45) is 11.7 Å². The van der Waals surface area contributed by atoms with Crippen molar-refractivity contribution in [3.05, 3.63) is 0 Å². The summed E-state index contributed by atoms with van der Waals surface area (Å²) in [6.07, 6.45) is 0. The highest BCUT2D eigenvalue weighted by Gasteiger charge is 1.89. The van der Waals surface area contributed by atoms with Crippen LogP contribution >= 0.6 is 0 Å². The third kappa shape index (κ3) is 2.18. The SMILES string of the molecule is CC(C[NH])CN. The lowest BCUT2D eigenvalue weighted by Crippen LogP contribution is -2.14. The Morgan fingerprint density at radius 1 is 1.83 bits per heavy atom. The van der Waals surface area contributed by atoms with Crippen LogP contribution in [0, 0.1) is 5.92 Å². The summed E-state index contributed by atoms with van der Waals surface area (Å²) in [5, 5.41) is 0. The Labute approximate surface area is 38.5 Å². The number of hydrogen-bond acceptors (Lipinski definition) is 1. The van der Waals surface area contributed by atoms with Crippen molar-refractivity contribution in [3.8, 4) is 0 Å². The van der Waals surface area contributed by atoms with Crippen LogP contribution in [0.15, 0.2) is 0 Å². The molecule has 0 rings (SSSR count). The smallest absolute Gasteiger partial charge is 0.0137 e. The number of nitrogens with two attached hydrogens (primary N) is 1. The molecule has 0 amide bonds. The Kier molecular flexibility index (Phi) is 3.08. The average Bonchev–Trinajstić information content (AvgIpc) is 1.65. The summed E-state index contributed by atoms with van der Waals surface area (Å²) in [4.78, 5) is 0. The highest BCUT2D eigenvalue weighted by Crippen LogP contribution is 1.82. The van der Waals surface area contributed by atoms with Gasteiger partial charge < -0.3 is 5.73 Å². The van der Waals surface area contributed by atoms with Gasteiger partial charge in [-0.25, -0.2) is 0 Å². The molecule has 0 aromatic carbocycles. The molecule has 1 atom stereocenters. The van der Waals surface area contributed by atoms with Crippen LogP contribution in [-0.2, 0) is 0 Å². The van der Waals surface area contributed by atoms with E-state index < -0.39 is 0 Å². The second kappa shape index (κ2) is 3.12. The van der Waals surface area contributed by atoms with Gasteiger partial charge in [0.1, 0.15) is 0 Å². The third-order valence-corrected chi connectivity index (χ3v) is 0.751. The quantitative estimate of drug-likeness (QED) is 0.501. The lowest BCUT2D eigenvalue weighted by Gasteiger charge is -1.98. The summed E-state index contributed by atoms with van der Waals surface area (Å²) >= 11 is 0. The summed E-state index contributed by atoms with van der Waals surface area (Å²) < 4.78 is 0. The van der Waals surface area contributed by atoms with Crippen molar-refractivity contribution < 1.29 is 0 Å². The van der Waals surface area contributed by atoms with Gasteiger partial charge in [0.25, 0.3) is 0 Å². The Bertz CT molecular complexity index is 24.7. The number of rotatable bonds is 2. The summed E-state index contributed by atoms with van der Waals surface area (Å²) in [7, 11) is 0. The van der Waals surface area contributed by atoms with E-state index in [4.69, 9.17) is 11.5 Å². The molecular formula is C4H11N2. The van der Waals surface area contributed by atoms with E-state index in [1.54, 1.807) is 0 Å². The lowest BCUT2D eigenvalue weighted by molar-refractivity contribution is 0.600. The fourth-order valence-corrected chi connectivity index (χ4v) is 0.0833. The van der Waals surface area contributed by atoms with E-state index in [1.807, 2.05) is 6.92 Å². The average molecular weight is 87.1 g/mol. The maximum Gasteiger partial charge on any atom is 0.0137 e. The summed E-state index contributed by atoms with van der Waals surface area (Å²) in [6.45, 7) is 3.06. The van der Waals surface area contributed by atoms with Crippen LogP contribution in [0.2, 0.25) is 0 Å². The molecule has 0 aliphatic carbocycles.